The fourth-order valence-electron chi connectivity index (χ4n) is 1.92. The van der Waals surface area contributed by atoms with E-state index in [-0.39, 0.29) is 28.9 Å². The molecular weight excluding hydrogens is 258 g/mol. The maximum atomic E-state index is 12.3. The minimum absolute atomic E-state index is 0.0106. The van der Waals surface area contributed by atoms with E-state index in [0.29, 0.717) is 5.92 Å². The number of benzene rings is 1. The van der Waals surface area contributed by atoms with Crippen LogP contribution in [0.25, 0.3) is 0 Å². The molecule has 2 atom stereocenters. The van der Waals surface area contributed by atoms with E-state index >= 15 is 0 Å². The van der Waals surface area contributed by atoms with Crippen LogP contribution in [0.3, 0.4) is 0 Å². The summed E-state index contributed by atoms with van der Waals surface area (Å²) < 4.78 is 0. The standard InChI is InChI=1S/C14H21N3O3/c1-5-9(2)10(3)16-14(18)11-7-6-8-12(17(19)20)13(11)15-4/h6-10,15H,5H2,1-4H3,(H,16,18). The number of nitrogens with zero attached hydrogens (tertiary/aromatic N) is 1. The quantitative estimate of drug-likeness (QED) is 0.619. The molecular formula is C14H21N3O3. The Labute approximate surface area is 118 Å². The summed E-state index contributed by atoms with van der Waals surface area (Å²) in [5.41, 5.74) is 0.430. The third-order valence-electron chi connectivity index (χ3n) is 3.59. The van der Waals surface area contributed by atoms with Crippen molar-refractivity contribution < 1.29 is 9.72 Å². The summed E-state index contributed by atoms with van der Waals surface area (Å²) in [6, 6.07) is 4.48. The number of rotatable bonds is 6. The topological polar surface area (TPSA) is 84.3 Å². The van der Waals surface area contributed by atoms with E-state index in [1.807, 2.05) is 6.92 Å². The molecule has 1 amide bonds. The molecule has 0 saturated heterocycles. The summed E-state index contributed by atoms with van der Waals surface area (Å²) >= 11 is 0. The van der Waals surface area contributed by atoms with Gasteiger partial charge in [0.1, 0.15) is 5.69 Å². The Morgan fingerprint density at radius 2 is 2.05 bits per heavy atom. The van der Waals surface area contributed by atoms with Gasteiger partial charge in [0.25, 0.3) is 11.6 Å². The van der Waals surface area contributed by atoms with Crippen molar-refractivity contribution in [2.75, 3.05) is 12.4 Å². The molecule has 2 unspecified atom stereocenters. The number of carbonyl (C=O) groups excluding carboxylic acids is 1. The van der Waals surface area contributed by atoms with Crippen molar-refractivity contribution >= 4 is 17.3 Å². The second-order valence-electron chi connectivity index (χ2n) is 4.85. The molecule has 0 heterocycles. The minimum atomic E-state index is -0.499. The van der Waals surface area contributed by atoms with Crippen molar-refractivity contribution in [2.24, 2.45) is 5.92 Å². The summed E-state index contributed by atoms with van der Waals surface area (Å²) in [5, 5.41) is 16.6. The Bertz CT molecular complexity index is 502. The van der Waals surface area contributed by atoms with Crippen molar-refractivity contribution in [2.45, 2.75) is 33.2 Å². The zero-order valence-electron chi connectivity index (χ0n) is 12.3. The summed E-state index contributed by atoms with van der Waals surface area (Å²) in [5.74, 6) is 0.0431. The van der Waals surface area contributed by atoms with Gasteiger partial charge in [0, 0.05) is 19.2 Å². The molecule has 0 aromatic heterocycles. The van der Waals surface area contributed by atoms with E-state index in [9.17, 15) is 14.9 Å². The Balaban J connectivity index is 3.04. The molecule has 0 aliphatic rings. The average Bonchev–Trinajstić information content (AvgIpc) is 2.44. The molecule has 0 saturated carbocycles. The SMILES string of the molecule is CCC(C)C(C)NC(=O)c1cccc([N+](=O)[O-])c1NC. The second-order valence-corrected chi connectivity index (χ2v) is 4.85. The van der Waals surface area contributed by atoms with Crippen LogP contribution in [-0.4, -0.2) is 23.9 Å². The Hall–Kier alpha value is -2.11. The monoisotopic (exact) mass is 279 g/mol. The lowest BCUT2D eigenvalue weighted by Crippen LogP contribution is -2.37. The number of para-hydroxylation sites is 1. The fraction of sp³-hybridized carbons (Fsp3) is 0.500. The summed E-state index contributed by atoms with van der Waals surface area (Å²) in [6.45, 7) is 6.04. The summed E-state index contributed by atoms with van der Waals surface area (Å²) in [6.07, 6.45) is 0.954. The molecule has 20 heavy (non-hydrogen) atoms. The van der Waals surface area contributed by atoms with E-state index in [1.54, 1.807) is 13.1 Å². The highest BCUT2D eigenvalue weighted by Gasteiger charge is 2.22. The molecule has 0 radical (unpaired) electrons. The van der Waals surface area contributed by atoms with Crippen molar-refractivity contribution in [3.8, 4) is 0 Å². The van der Waals surface area contributed by atoms with Gasteiger partial charge in [0.2, 0.25) is 0 Å². The van der Waals surface area contributed by atoms with Gasteiger partial charge in [-0.25, -0.2) is 0 Å². The number of carbonyl (C=O) groups is 1. The van der Waals surface area contributed by atoms with Crippen LogP contribution in [-0.2, 0) is 0 Å². The van der Waals surface area contributed by atoms with Gasteiger partial charge in [0.15, 0.2) is 0 Å². The normalized spacial score (nSPS) is 13.4. The van der Waals surface area contributed by atoms with Crippen molar-refractivity contribution in [1.82, 2.24) is 5.32 Å². The smallest absolute Gasteiger partial charge is 0.293 e. The molecule has 1 aromatic carbocycles. The molecule has 0 fully saturated rings. The number of nitro groups is 1. The Kier molecular flexibility index (Phi) is 5.49. The number of anilines is 1. The lowest BCUT2D eigenvalue weighted by Gasteiger charge is -2.20. The van der Waals surface area contributed by atoms with Crippen molar-refractivity contribution in [3.05, 3.63) is 33.9 Å². The lowest BCUT2D eigenvalue weighted by molar-refractivity contribution is -0.384. The highest BCUT2D eigenvalue weighted by atomic mass is 16.6. The third kappa shape index (κ3) is 3.46. The number of nitrogens with one attached hydrogen (secondary N) is 2. The highest BCUT2D eigenvalue weighted by molar-refractivity contribution is 6.01. The van der Waals surface area contributed by atoms with E-state index in [1.165, 1.54) is 12.1 Å². The van der Waals surface area contributed by atoms with Gasteiger partial charge in [-0.2, -0.15) is 0 Å². The van der Waals surface area contributed by atoms with Gasteiger partial charge >= 0.3 is 0 Å². The maximum Gasteiger partial charge on any atom is 0.293 e. The van der Waals surface area contributed by atoms with Gasteiger partial charge in [-0.3, -0.25) is 14.9 Å². The number of hydrogen-bond donors (Lipinski definition) is 2. The van der Waals surface area contributed by atoms with E-state index in [0.717, 1.165) is 6.42 Å². The molecule has 110 valence electrons. The second kappa shape index (κ2) is 6.88. The molecule has 1 rings (SSSR count). The lowest BCUT2D eigenvalue weighted by atomic mass is 10.0. The molecule has 0 aliphatic heterocycles. The Morgan fingerprint density at radius 3 is 2.55 bits per heavy atom. The maximum absolute atomic E-state index is 12.3. The summed E-state index contributed by atoms with van der Waals surface area (Å²) in [4.78, 5) is 22.7. The number of hydrogen-bond acceptors (Lipinski definition) is 4. The van der Waals surface area contributed by atoms with Crippen LogP contribution in [0.15, 0.2) is 18.2 Å². The average molecular weight is 279 g/mol. The molecule has 2 N–H and O–H groups in total. The van der Waals surface area contributed by atoms with Crippen LogP contribution in [0, 0.1) is 16.0 Å². The minimum Gasteiger partial charge on any atom is -0.382 e. The van der Waals surface area contributed by atoms with Crippen molar-refractivity contribution in [3.63, 3.8) is 0 Å². The molecule has 0 spiro atoms. The zero-order chi connectivity index (χ0) is 15.3. The molecule has 0 aliphatic carbocycles. The predicted molar refractivity (Wildman–Crippen MR) is 79.0 cm³/mol. The first-order chi connectivity index (χ1) is 9.42. The van der Waals surface area contributed by atoms with Crippen LogP contribution in [0.5, 0.6) is 0 Å². The van der Waals surface area contributed by atoms with E-state index < -0.39 is 4.92 Å². The van der Waals surface area contributed by atoms with Crippen LogP contribution < -0.4 is 10.6 Å². The first-order valence-corrected chi connectivity index (χ1v) is 6.68. The van der Waals surface area contributed by atoms with Gasteiger partial charge < -0.3 is 10.6 Å². The van der Waals surface area contributed by atoms with Crippen LogP contribution in [0.4, 0.5) is 11.4 Å². The first-order valence-electron chi connectivity index (χ1n) is 6.68. The van der Waals surface area contributed by atoms with Gasteiger partial charge in [0.05, 0.1) is 10.5 Å². The third-order valence-corrected chi connectivity index (χ3v) is 3.59. The molecule has 0 bridgehead atoms. The predicted octanol–water partition coefficient (Wildman–Crippen LogP) is 2.80. The fourth-order valence-corrected chi connectivity index (χ4v) is 1.92. The largest absolute Gasteiger partial charge is 0.382 e. The highest BCUT2D eigenvalue weighted by Crippen LogP contribution is 2.27. The van der Waals surface area contributed by atoms with Crippen LogP contribution in [0.2, 0.25) is 0 Å². The van der Waals surface area contributed by atoms with Crippen LogP contribution in [0.1, 0.15) is 37.6 Å². The number of amides is 1. The van der Waals surface area contributed by atoms with E-state index in [4.69, 9.17) is 0 Å². The zero-order valence-corrected chi connectivity index (χ0v) is 12.3. The first kappa shape index (κ1) is 15.9. The van der Waals surface area contributed by atoms with Gasteiger partial charge in [-0.05, 0) is 18.9 Å². The molecule has 6 nitrogen and oxygen atoms in total. The molecule has 6 heteroatoms. The molecule has 1 aromatic rings. The van der Waals surface area contributed by atoms with Crippen LogP contribution >= 0.6 is 0 Å². The van der Waals surface area contributed by atoms with E-state index in [2.05, 4.69) is 24.5 Å². The Morgan fingerprint density at radius 1 is 1.40 bits per heavy atom. The summed E-state index contributed by atoms with van der Waals surface area (Å²) in [7, 11) is 1.57. The van der Waals surface area contributed by atoms with Crippen molar-refractivity contribution in [1.29, 1.82) is 0 Å². The van der Waals surface area contributed by atoms with Gasteiger partial charge in [-0.1, -0.05) is 26.3 Å². The number of nitro benzene ring substituents is 1. The van der Waals surface area contributed by atoms with Gasteiger partial charge in [-0.15, -0.1) is 0 Å².